The highest BCUT2D eigenvalue weighted by Crippen LogP contribution is 2.18. The lowest BCUT2D eigenvalue weighted by Gasteiger charge is -2.34. The van der Waals surface area contributed by atoms with E-state index in [2.05, 4.69) is 0 Å². The van der Waals surface area contributed by atoms with E-state index < -0.39 is 11.6 Å². The van der Waals surface area contributed by atoms with Crippen molar-refractivity contribution in [2.75, 3.05) is 26.7 Å². The lowest BCUT2D eigenvalue weighted by Crippen LogP contribution is -2.49. The van der Waals surface area contributed by atoms with E-state index in [0.717, 1.165) is 29.5 Å². The molecule has 0 atom stereocenters. The second-order valence-corrected chi connectivity index (χ2v) is 6.11. The fraction of sp³-hybridized carbons (Fsp3) is 0.316. The molecule has 1 aliphatic rings. The van der Waals surface area contributed by atoms with Gasteiger partial charge in [0.05, 0.1) is 13.7 Å². The topological polar surface area (TPSA) is 32.8 Å². The molecule has 0 spiro atoms. The van der Waals surface area contributed by atoms with Crippen LogP contribution in [0.2, 0.25) is 0 Å². The first-order chi connectivity index (χ1) is 12.0. The molecule has 2 aromatic carbocycles. The van der Waals surface area contributed by atoms with Crippen molar-refractivity contribution < 1.29 is 18.3 Å². The monoisotopic (exact) mass is 382 g/mol. The number of carbonyl (C=O) groups is 1. The summed E-state index contributed by atoms with van der Waals surface area (Å²) in [7, 11) is 1.62. The second kappa shape index (κ2) is 8.96. The van der Waals surface area contributed by atoms with Gasteiger partial charge < -0.3 is 9.64 Å². The summed E-state index contributed by atoms with van der Waals surface area (Å²) < 4.78 is 32.2. The largest absolute Gasteiger partial charge is 0.497 e. The summed E-state index contributed by atoms with van der Waals surface area (Å²) in [5, 5.41) is 0. The van der Waals surface area contributed by atoms with Crippen molar-refractivity contribution in [1.29, 1.82) is 0 Å². The van der Waals surface area contributed by atoms with Crippen LogP contribution >= 0.6 is 12.4 Å². The number of hydrogen-bond donors (Lipinski definition) is 0. The van der Waals surface area contributed by atoms with Crippen LogP contribution in [0.25, 0.3) is 0 Å². The fourth-order valence-electron chi connectivity index (χ4n) is 2.96. The standard InChI is InChI=1S/C19H20F2N2O2.ClH/c1-25-17-4-2-3-14(9-17)11-22-7-8-23(19(24)13-22)12-15-10-16(20)5-6-18(15)21;/h2-6,9-10H,7-8,11-13H2,1H3;1H. The summed E-state index contributed by atoms with van der Waals surface area (Å²) in [6.07, 6.45) is 0. The number of carbonyl (C=O) groups excluding carboxylic acids is 1. The Kier molecular flexibility index (Phi) is 6.94. The molecule has 1 fully saturated rings. The van der Waals surface area contributed by atoms with Crippen molar-refractivity contribution in [3.8, 4) is 5.75 Å². The molecule has 1 saturated heterocycles. The zero-order chi connectivity index (χ0) is 17.8. The Hall–Kier alpha value is -2.18. The van der Waals surface area contributed by atoms with Crippen LogP contribution in [-0.4, -0.2) is 42.5 Å². The molecule has 0 N–H and O–H groups in total. The number of methoxy groups -OCH3 is 1. The molecule has 1 aliphatic heterocycles. The average molecular weight is 383 g/mol. The Morgan fingerprint density at radius 3 is 2.62 bits per heavy atom. The van der Waals surface area contributed by atoms with Crippen LogP contribution in [0.3, 0.4) is 0 Å². The van der Waals surface area contributed by atoms with Gasteiger partial charge in [-0.2, -0.15) is 0 Å². The van der Waals surface area contributed by atoms with E-state index in [1.165, 1.54) is 0 Å². The molecule has 0 radical (unpaired) electrons. The van der Waals surface area contributed by atoms with Crippen LogP contribution in [0.1, 0.15) is 11.1 Å². The fourth-order valence-corrected chi connectivity index (χ4v) is 2.96. The summed E-state index contributed by atoms with van der Waals surface area (Å²) in [6.45, 7) is 2.16. The smallest absolute Gasteiger partial charge is 0.237 e. The molecule has 0 aliphatic carbocycles. The van der Waals surface area contributed by atoms with Crippen LogP contribution in [0.5, 0.6) is 5.75 Å². The van der Waals surface area contributed by atoms with E-state index in [0.29, 0.717) is 19.6 Å². The van der Waals surface area contributed by atoms with Crippen molar-refractivity contribution >= 4 is 18.3 Å². The Morgan fingerprint density at radius 2 is 1.88 bits per heavy atom. The van der Waals surface area contributed by atoms with Crippen molar-refractivity contribution in [1.82, 2.24) is 9.80 Å². The number of hydrogen-bond acceptors (Lipinski definition) is 3. The van der Waals surface area contributed by atoms with Gasteiger partial charge in [-0.25, -0.2) is 8.78 Å². The highest BCUT2D eigenvalue weighted by Gasteiger charge is 2.24. The summed E-state index contributed by atoms with van der Waals surface area (Å²) in [6, 6.07) is 11.0. The maximum absolute atomic E-state index is 13.8. The first-order valence-corrected chi connectivity index (χ1v) is 8.12. The van der Waals surface area contributed by atoms with E-state index in [1.807, 2.05) is 29.2 Å². The number of nitrogens with zero attached hydrogens (tertiary/aromatic N) is 2. The summed E-state index contributed by atoms with van der Waals surface area (Å²) in [5.41, 5.74) is 1.27. The van der Waals surface area contributed by atoms with E-state index in [-0.39, 0.29) is 37.0 Å². The molecule has 2 aromatic rings. The van der Waals surface area contributed by atoms with Gasteiger partial charge in [0.1, 0.15) is 17.4 Å². The minimum atomic E-state index is -0.500. The van der Waals surface area contributed by atoms with Crippen LogP contribution in [0, 0.1) is 11.6 Å². The first-order valence-electron chi connectivity index (χ1n) is 8.12. The minimum Gasteiger partial charge on any atom is -0.497 e. The molecule has 140 valence electrons. The number of piperazine rings is 1. The minimum absolute atomic E-state index is 0. The lowest BCUT2D eigenvalue weighted by molar-refractivity contribution is -0.136. The lowest BCUT2D eigenvalue weighted by atomic mass is 10.1. The first kappa shape index (κ1) is 20.1. The quantitative estimate of drug-likeness (QED) is 0.796. The van der Waals surface area contributed by atoms with Crippen LogP contribution < -0.4 is 4.74 Å². The van der Waals surface area contributed by atoms with Gasteiger partial charge in [0.15, 0.2) is 0 Å². The molecular formula is C19H21ClF2N2O2. The Balaban J connectivity index is 0.00000243. The van der Waals surface area contributed by atoms with Crippen LogP contribution in [0.15, 0.2) is 42.5 Å². The highest BCUT2D eigenvalue weighted by molar-refractivity contribution is 5.85. The third kappa shape index (κ3) is 4.93. The van der Waals surface area contributed by atoms with Gasteiger partial charge in [0, 0.05) is 31.7 Å². The molecule has 0 aromatic heterocycles. The Labute approximate surface area is 157 Å². The zero-order valence-corrected chi connectivity index (χ0v) is 15.3. The predicted molar refractivity (Wildman–Crippen MR) is 97.3 cm³/mol. The van der Waals surface area contributed by atoms with E-state index >= 15 is 0 Å². The van der Waals surface area contributed by atoms with Gasteiger partial charge in [0.25, 0.3) is 0 Å². The van der Waals surface area contributed by atoms with Crippen molar-refractivity contribution in [2.24, 2.45) is 0 Å². The van der Waals surface area contributed by atoms with Crippen molar-refractivity contribution in [3.05, 3.63) is 65.2 Å². The molecule has 1 amide bonds. The normalized spacial score (nSPS) is 14.9. The van der Waals surface area contributed by atoms with Gasteiger partial charge in [-0.15, -0.1) is 12.4 Å². The van der Waals surface area contributed by atoms with E-state index in [9.17, 15) is 13.6 Å². The second-order valence-electron chi connectivity index (χ2n) is 6.11. The molecular weight excluding hydrogens is 362 g/mol. The molecule has 0 saturated carbocycles. The zero-order valence-electron chi connectivity index (χ0n) is 14.5. The number of ether oxygens (including phenoxy) is 1. The van der Waals surface area contributed by atoms with Crippen molar-refractivity contribution in [2.45, 2.75) is 13.1 Å². The van der Waals surface area contributed by atoms with Crippen LogP contribution in [0.4, 0.5) is 8.78 Å². The molecule has 4 nitrogen and oxygen atoms in total. The number of rotatable bonds is 5. The van der Waals surface area contributed by atoms with E-state index in [1.54, 1.807) is 12.0 Å². The molecule has 3 rings (SSSR count). The van der Waals surface area contributed by atoms with Crippen LogP contribution in [-0.2, 0) is 17.9 Å². The predicted octanol–water partition coefficient (Wildman–Crippen LogP) is 3.24. The Morgan fingerprint density at radius 1 is 1.08 bits per heavy atom. The van der Waals surface area contributed by atoms with E-state index in [4.69, 9.17) is 4.74 Å². The Bertz CT molecular complexity index is 773. The number of amides is 1. The maximum Gasteiger partial charge on any atom is 0.237 e. The molecule has 26 heavy (non-hydrogen) atoms. The molecule has 0 bridgehead atoms. The van der Waals surface area contributed by atoms with Gasteiger partial charge in [-0.05, 0) is 35.9 Å². The SMILES string of the molecule is COc1cccc(CN2CCN(Cc3cc(F)ccc3F)C(=O)C2)c1.Cl. The molecule has 1 heterocycles. The maximum atomic E-state index is 13.8. The average Bonchev–Trinajstić information content (AvgIpc) is 2.60. The molecule has 7 heteroatoms. The van der Waals surface area contributed by atoms with Gasteiger partial charge >= 0.3 is 0 Å². The van der Waals surface area contributed by atoms with Gasteiger partial charge in [-0.3, -0.25) is 9.69 Å². The summed E-state index contributed by atoms with van der Waals surface area (Å²) >= 11 is 0. The molecule has 0 unspecified atom stereocenters. The summed E-state index contributed by atoms with van der Waals surface area (Å²) in [4.78, 5) is 16.0. The third-order valence-electron chi connectivity index (χ3n) is 4.31. The van der Waals surface area contributed by atoms with Crippen molar-refractivity contribution in [3.63, 3.8) is 0 Å². The third-order valence-corrected chi connectivity index (χ3v) is 4.31. The van der Waals surface area contributed by atoms with Gasteiger partial charge in [0.2, 0.25) is 5.91 Å². The summed E-state index contributed by atoms with van der Waals surface area (Å²) in [5.74, 6) is -0.296. The van der Waals surface area contributed by atoms with Gasteiger partial charge in [-0.1, -0.05) is 12.1 Å². The number of benzene rings is 2. The number of halogens is 3. The highest BCUT2D eigenvalue weighted by atomic mass is 35.5.